The molecule has 4 rings (SSSR count). The molecule has 0 radical (unpaired) electrons. The maximum absolute atomic E-state index is 12.6. The molecule has 3 heterocycles. The molecular weight excluding hydrogens is 396 g/mol. The minimum absolute atomic E-state index is 0.0525. The predicted octanol–water partition coefficient (Wildman–Crippen LogP) is 4.29. The van der Waals surface area contributed by atoms with Gasteiger partial charge in [-0.3, -0.25) is 14.6 Å². The number of carbonyl (C=O) groups is 1. The maximum Gasteiger partial charge on any atom is 0.244 e. The molecule has 0 saturated carbocycles. The number of nitrogens with one attached hydrogen (secondary N) is 1. The first-order valence-electron chi connectivity index (χ1n) is 9.44. The second-order valence-corrected chi connectivity index (χ2v) is 7.83. The molecule has 1 N–H and O–H groups in total. The van der Waals surface area contributed by atoms with Crippen molar-refractivity contribution in [3.63, 3.8) is 0 Å². The molecule has 0 aliphatic carbocycles. The number of nitrogens with zero attached hydrogens (tertiary/aromatic N) is 3. The third-order valence-electron chi connectivity index (χ3n) is 4.71. The van der Waals surface area contributed by atoms with Gasteiger partial charge in [-0.05, 0) is 38.1 Å². The van der Waals surface area contributed by atoms with Gasteiger partial charge in [0, 0.05) is 58.1 Å². The highest BCUT2D eigenvalue weighted by Crippen LogP contribution is 2.29. The lowest BCUT2D eigenvalue weighted by Gasteiger charge is -2.14. The Morgan fingerprint density at radius 2 is 1.83 bits per heavy atom. The molecule has 0 bridgehead atoms. The molecule has 7 heteroatoms. The molecule has 0 aliphatic heterocycles. The van der Waals surface area contributed by atoms with Crippen LogP contribution < -0.4 is 10.7 Å². The summed E-state index contributed by atoms with van der Waals surface area (Å²) in [4.78, 5) is 33.0. The van der Waals surface area contributed by atoms with Crippen molar-refractivity contribution >= 4 is 22.9 Å². The zero-order valence-electron chi connectivity index (χ0n) is 16.6. The fourth-order valence-corrected chi connectivity index (χ4v) is 4.09. The number of amides is 1. The van der Waals surface area contributed by atoms with Gasteiger partial charge in [-0.15, -0.1) is 11.3 Å². The fourth-order valence-electron chi connectivity index (χ4n) is 3.27. The van der Waals surface area contributed by atoms with E-state index in [1.165, 1.54) is 12.1 Å². The van der Waals surface area contributed by atoms with Crippen LogP contribution in [0.15, 0.2) is 71.1 Å². The topological polar surface area (TPSA) is 76.9 Å². The molecule has 0 unspecified atom stereocenters. The van der Waals surface area contributed by atoms with Crippen LogP contribution in [0.3, 0.4) is 0 Å². The smallest absolute Gasteiger partial charge is 0.244 e. The van der Waals surface area contributed by atoms with Gasteiger partial charge in [0.15, 0.2) is 5.43 Å². The molecular formula is C23H20N4O2S. The number of benzene rings is 1. The Morgan fingerprint density at radius 3 is 2.57 bits per heavy atom. The van der Waals surface area contributed by atoms with Gasteiger partial charge in [0.2, 0.25) is 5.91 Å². The molecule has 0 aliphatic rings. The number of hydrogen-bond acceptors (Lipinski definition) is 5. The number of thiazole rings is 1. The Labute approximate surface area is 177 Å². The number of aryl methyl sites for hydroxylation is 2. The van der Waals surface area contributed by atoms with Crippen LogP contribution in [-0.2, 0) is 11.3 Å². The number of rotatable bonds is 5. The zero-order valence-corrected chi connectivity index (χ0v) is 17.4. The highest BCUT2D eigenvalue weighted by Gasteiger charge is 2.10. The van der Waals surface area contributed by atoms with Crippen LogP contribution in [0.2, 0.25) is 0 Å². The van der Waals surface area contributed by atoms with Gasteiger partial charge in [-0.2, -0.15) is 0 Å². The monoisotopic (exact) mass is 416 g/mol. The van der Waals surface area contributed by atoms with Gasteiger partial charge in [-0.25, -0.2) is 4.98 Å². The molecule has 30 heavy (non-hydrogen) atoms. The van der Waals surface area contributed by atoms with Crippen LogP contribution in [0.25, 0.3) is 21.8 Å². The summed E-state index contributed by atoms with van der Waals surface area (Å²) >= 11 is 1.56. The predicted molar refractivity (Wildman–Crippen MR) is 120 cm³/mol. The minimum atomic E-state index is -0.156. The maximum atomic E-state index is 12.6. The number of hydrogen-bond donors (Lipinski definition) is 1. The van der Waals surface area contributed by atoms with E-state index in [0.717, 1.165) is 33.2 Å². The van der Waals surface area contributed by atoms with Gasteiger partial charge in [-0.1, -0.05) is 12.1 Å². The van der Waals surface area contributed by atoms with E-state index in [2.05, 4.69) is 10.3 Å². The quantitative estimate of drug-likeness (QED) is 0.527. The van der Waals surface area contributed by atoms with E-state index in [1.54, 1.807) is 23.7 Å². The molecule has 1 amide bonds. The van der Waals surface area contributed by atoms with E-state index in [-0.39, 0.29) is 17.9 Å². The molecule has 0 saturated heterocycles. The van der Waals surface area contributed by atoms with Crippen molar-refractivity contribution in [2.45, 2.75) is 20.4 Å². The lowest BCUT2D eigenvalue weighted by Crippen LogP contribution is -2.23. The second-order valence-electron chi connectivity index (χ2n) is 6.97. The molecule has 3 aromatic heterocycles. The molecule has 0 fully saturated rings. The van der Waals surface area contributed by atoms with E-state index >= 15 is 0 Å². The second kappa shape index (κ2) is 8.42. The summed E-state index contributed by atoms with van der Waals surface area (Å²) in [6, 6.07) is 14.5. The van der Waals surface area contributed by atoms with Crippen LogP contribution in [0.4, 0.5) is 5.69 Å². The average Bonchev–Trinajstić information content (AvgIpc) is 3.22. The summed E-state index contributed by atoms with van der Waals surface area (Å²) in [5.41, 5.74) is 4.92. The zero-order chi connectivity index (χ0) is 21.1. The van der Waals surface area contributed by atoms with E-state index in [9.17, 15) is 9.59 Å². The summed E-state index contributed by atoms with van der Waals surface area (Å²) in [5, 5.41) is 5.83. The van der Waals surface area contributed by atoms with Gasteiger partial charge in [0.25, 0.3) is 0 Å². The molecule has 0 atom stereocenters. The summed E-state index contributed by atoms with van der Waals surface area (Å²) in [6.07, 6.45) is 3.53. The van der Waals surface area contributed by atoms with Crippen molar-refractivity contribution in [2.24, 2.45) is 0 Å². The van der Waals surface area contributed by atoms with Gasteiger partial charge in [0.05, 0.1) is 5.69 Å². The Balaban J connectivity index is 1.51. The van der Waals surface area contributed by atoms with Gasteiger partial charge >= 0.3 is 0 Å². The fraction of sp³-hybridized carbons (Fsp3) is 0.130. The highest BCUT2D eigenvalue weighted by atomic mass is 32.1. The van der Waals surface area contributed by atoms with Crippen molar-refractivity contribution in [1.82, 2.24) is 14.5 Å². The molecule has 6 nitrogen and oxygen atoms in total. The van der Waals surface area contributed by atoms with Crippen molar-refractivity contribution in [3.05, 3.63) is 87.9 Å². The molecule has 1 aromatic carbocycles. The summed E-state index contributed by atoms with van der Waals surface area (Å²) in [7, 11) is 0. The SMILES string of the molecule is Cc1cc(=O)cc(C)n1CC(=O)Nc1cccc(-c2csc(-c3cccnc3)n2)c1. The van der Waals surface area contributed by atoms with E-state index < -0.39 is 0 Å². The molecule has 0 spiro atoms. The lowest BCUT2D eigenvalue weighted by molar-refractivity contribution is -0.116. The van der Waals surface area contributed by atoms with Gasteiger partial charge < -0.3 is 9.88 Å². The highest BCUT2D eigenvalue weighted by molar-refractivity contribution is 7.13. The third-order valence-corrected chi connectivity index (χ3v) is 5.60. The first-order valence-corrected chi connectivity index (χ1v) is 10.3. The number of pyridine rings is 2. The van der Waals surface area contributed by atoms with Gasteiger partial charge in [0.1, 0.15) is 11.6 Å². The van der Waals surface area contributed by atoms with Crippen LogP contribution in [0.5, 0.6) is 0 Å². The van der Waals surface area contributed by atoms with Crippen molar-refractivity contribution in [2.75, 3.05) is 5.32 Å². The number of anilines is 1. The summed E-state index contributed by atoms with van der Waals surface area (Å²) in [5.74, 6) is -0.156. The Kier molecular flexibility index (Phi) is 5.54. The van der Waals surface area contributed by atoms with Crippen molar-refractivity contribution < 1.29 is 4.79 Å². The number of carbonyl (C=O) groups excluding carboxylic acids is 1. The molecule has 4 aromatic rings. The Bertz CT molecular complexity index is 1240. The van der Waals surface area contributed by atoms with Crippen LogP contribution in [-0.4, -0.2) is 20.4 Å². The standard InChI is InChI=1S/C23H20N4O2S/c1-15-9-20(28)10-16(2)27(15)13-22(29)25-19-7-3-5-17(11-19)21-14-30-23(26-21)18-6-4-8-24-12-18/h3-12,14H,13H2,1-2H3,(H,25,29). The minimum Gasteiger partial charge on any atom is -0.340 e. The average molecular weight is 417 g/mol. The van der Waals surface area contributed by atoms with E-state index in [1.807, 2.05) is 60.2 Å². The Morgan fingerprint density at radius 1 is 1.07 bits per heavy atom. The Hall–Kier alpha value is -3.58. The lowest BCUT2D eigenvalue weighted by atomic mass is 10.1. The van der Waals surface area contributed by atoms with Crippen LogP contribution in [0, 0.1) is 13.8 Å². The number of aromatic nitrogens is 3. The van der Waals surface area contributed by atoms with Crippen molar-refractivity contribution in [1.29, 1.82) is 0 Å². The van der Waals surface area contributed by atoms with Crippen LogP contribution >= 0.6 is 11.3 Å². The normalized spacial score (nSPS) is 10.7. The van der Waals surface area contributed by atoms with Crippen LogP contribution in [0.1, 0.15) is 11.4 Å². The van der Waals surface area contributed by atoms with E-state index in [4.69, 9.17) is 4.98 Å². The van der Waals surface area contributed by atoms with Crippen molar-refractivity contribution in [3.8, 4) is 21.8 Å². The summed E-state index contributed by atoms with van der Waals surface area (Å²) < 4.78 is 1.82. The molecule has 150 valence electrons. The first-order chi connectivity index (χ1) is 14.5. The first kappa shape index (κ1) is 19.7. The summed E-state index contributed by atoms with van der Waals surface area (Å²) in [6.45, 7) is 3.79. The third kappa shape index (κ3) is 4.36. The van der Waals surface area contributed by atoms with E-state index in [0.29, 0.717) is 5.69 Å². The largest absolute Gasteiger partial charge is 0.340 e.